The Morgan fingerprint density at radius 1 is 1.57 bits per heavy atom. The standard InChI is InChI=1S/C10H15FN2S/c1-14-7-10(13-12)6-8-3-2-4-9(11)5-8/h2-5,10,13H,6-7,12H2,1H3. The molecule has 3 N–H and O–H groups in total. The van der Waals surface area contributed by atoms with Crippen molar-refractivity contribution in [2.75, 3.05) is 12.0 Å². The second kappa shape index (κ2) is 6.01. The highest BCUT2D eigenvalue weighted by molar-refractivity contribution is 7.98. The van der Waals surface area contributed by atoms with Gasteiger partial charge in [-0.1, -0.05) is 12.1 Å². The van der Waals surface area contributed by atoms with E-state index < -0.39 is 0 Å². The van der Waals surface area contributed by atoms with Crippen LogP contribution in [-0.4, -0.2) is 18.1 Å². The van der Waals surface area contributed by atoms with E-state index in [9.17, 15) is 4.39 Å². The molecule has 1 aromatic rings. The van der Waals surface area contributed by atoms with E-state index >= 15 is 0 Å². The van der Waals surface area contributed by atoms with E-state index in [-0.39, 0.29) is 11.9 Å². The zero-order valence-corrected chi connectivity index (χ0v) is 8.98. The van der Waals surface area contributed by atoms with Crippen molar-refractivity contribution in [2.24, 2.45) is 5.84 Å². The summed E-state index contributed by atoms with van der Waals surface area (Å²) in [5, 5.41) is 0. The molecule has 0 bridgehead atoms. The van der Waals surface area contributed by atoms with Crippen LogP contribution in [0, 0.1) is 5.82 Å². The molecule has 14 heavy (non-hydrogen) atoms. The summed E-state index contributed by atoms with van der Waals surface area (Å²) >= 11 is 1.72. The molecule has 0 fully saturated rings. The van der Waals surface area contributed by atoms with Gasteiger partial charge in [0.05, 0.1) is 0 Å². The Bertz CT molecular complexity index is 281. The van der Waals surface area contributed by atoms with Crippen LogP contribution in [0.5, 0.6) is 0 Å². The maximum atomic E-state index is 12.9. The number of halogens is 1. The van der Waals surface area contributed by atoms with E-state index in [1.807, 2.05) is 12.3 Å². The van der Waals surface area contributed by atoms with E-state index in [1.54, 1.807) is 23.9 Å². The fourth-order valence-electron chi connectivity index (χ4n) is 1.32. The zero-order valence-electron chi connectivity index (χ0n) is 8.16. The molecular formula is C10H15FN2S. The molecule has 0 heterocycles. The van der Waals surface area contributed by atoms with Crippen LogP contribution in [0.15, 0.2) is 24.3 Å². The summed E-state index contributed by atoms with van der Waals surface area (Å²) in [5.74, 6) is 6.12. The molecule has 0 aliphatic heterocycles. The first kappa shape index (κ1) is 11.5. The van der Waals surface area contributed by atoms with E-state index in [0.29, 0.717) is 0 Å². The lowest BCUT2D eigenvalue weighted by Crippen LogP contribution is -2.38. The summed E-state index contributed by atoms with van der Waals surface area (Å²) in [4.78, 5) is 0. The Morgan fingerprint density at radius 2 is 2.36 bits per heavy atom. The minimum atomic E-state index is -0.192. The molecule has 1 atom stereocenters. The molecule has 0 radical (unpaired) electrons. The van der Waals surface area contributed by atoms with Gasteiger partial charge in [-0.15, -0.1) is 0 Å². The maximum Gasteiger partial charge on any atom is 0.123 e. The summed E-state index contributed by atoms with van der Waals surface area (Å²) in [6, 6.07) is 6.82. The monoisotopic (exact) mass is 214 g/mol. The van der Waals surface area contributed by atoms with Crippen LogP contribution >= 0.6 is 11.8 Å². The zero-order chi connectivity index (χ0) is 10.4. The van der Waals surface area contributed by atoms with Gasteiger partial charge >= 0.3 is 0 Å². The quantitative estimate of drug-likeness (QED) is 0.577. The molecule has 1 aromatic carbocycles. The van der Waals surface area contributed by atoms with Gasteiger partial charge in [0.2, 0.25) is 0 Å². The van der Waals surface area contributed by atoms with Gasteiger partial charge in [-0.25, -0.2) is 4.39 Å². The van der Waals surface area contributed by atoms with Crippen molar-refractivity contribution < 1.29 is 4.39 Å². The largest absolute Gasteiger partial charge is 0.271 e. The molecular weight excluding hydrogens is 199 g/mol. The van der Waals surface area contributed by atoms with Crippen molar-refractivity contribution in [3.05, 3.63) is 35.6 Å². The summed E-state index contributed by atoms with van der Waals surface area (Å²) in [6.07, 6.45) is 2.78. The van der Waals surface area contributed by atoms with Gasteiger partial charge in [0, 0.05) is 11.8 Å². The Kier molecular flexibility index (Phi) is 4.93. The number of nitrogens with two attached hydrogens (primary N) is 1. The lowest BCUT2D eigenvalue weighted by atomic mass is 10.1. The molecule has 2 nitrogen and oxygen atoms in total. The molecule has 0 amide bonds. The molecule has 0 aliphatic carbocycles. The number of nitrogens with one attached hydrogen (secondary N) is 1. The normalized spacial score (nSPS) is 12.8. The fraction of sp³-hybridized carbons (Fsp3) is 0.400. The number of hydrazine groups is 1. The van der Waals surface area contributed by atoms with Crippen LogP contribution in [0.25, 0.3) is 0 Å². The van der Waals surface area contributed by atoms with Crippen LogP contribution in [0.1, 0.15) is 5.56 Å². The lowest BCUT2D eigenvalue weighted by molar-refractivity contribution is 0.571. The topological polar surface area (TPSA) is 38.0 Å². The third-order valence-electron chi connectivity index (χ3n) is 1.97. The predicted octanol–water partition coefficient (Wildman–Crippen LogP) is 1.56. The van der Waals surface area contributed by atoms with E-state index in [2.05, 4.69) is 5.43 Å². The second-order valence-corrected chi connectivity index (χ2v) is 4.06. The molecule has 0 aliphatic rings. The molecule has 1 rings (SSSR count). The average Bonchev–Trinajstić information content (AvgIpc) is 2.17. The number of hydrogen-bond donors (Lipinski definition) is 2. The molecule has 0 saturated heterocycles. The first-order valence-corrected chi connectivity index (χ1v) is 5.85. The van der Waals surface area contributed by atoms with Crippen molar-refractivity contribution >= 4 is 11.8 Å². The molecule has 0 spiro atoms. The highest BCUT2D eigenvalue weighted by Gasteiger charge is 2.06. The van der Waals surface area contributed by atoms with Crippen LogP contribution in [-0.2, 0) is 6.42 Å². The summed E-state index contributed by atoms with van der Waals surface area (Å²) in [7, 11) is 0. The van der Waals surface area contributed by atoms with Gasteiger partial charge in [-0.2, -0.15) is 11.8 Å². The molecule has 78 valence electrons. The lowest BCUT2D eigenvalue weighted by Gasteiger charge is -2.14. The second-order valence-electron chi connectivity index (χ2n) is 3.15. The molecule has 1 unspecified atom stereocenters. The first-order chi connectivity index (χ1) is 6.76. The van der Waals surface area contributed by atoms with E-state index in [1.165, 1.54) is 6.07 Å². The smallest absolute Gasteiger partial charge is 0.123 e. The summed E-state index contributed by atoms with van der Waals surface area (Å²) < 4.78 is 12.9. The number of hydrogen-bond acceptors (Lipinski definition) is 3. The Labute approximate surface area is 88.0 Å². The Morgan fingerprint density at radius 3 is 2.93 bits per heavy atom. The number of thioether (sulfide) groups is 1. The summed E-state index contributed by atoms with van der Waals surface area (Å²) in [5.41, 5.74) is 3.70. The number of rotatable bonds is 5. The van der Waals surface area contributed by atoms with Crippen LogP contribution in [0.3, 0.4) is 0 Å². The van der Waals surface area contributed by atoms with Crippen LogP contribution in [0.4, 0.5) is 4.39 Å². The number of benzene rings is 1. The van der Waals surface area contributed by atoms with Gasteiger partial charge in [0.1, 0.15) is 5.82 Å². The van der Waals surface area contributed by atoms with Crippen LogP contribution in [0.2, 0.25) is 0 Å². The van der Waals surface area contributed by atoms with Gasteiger partial charge in [-0.05, 0) is 30.4 Å². The van der Waals surface area contributed by atoms with Crippen molar-refractivity contribution in [3.63, 3.8) is 0 Å². The fourth-order valence-corrected chi connectivity index (χ4v) is 1.93. The van der Waals surface area contributed by atoms with Gasteiger partial charge in [0.15, 0.2) is 0 Å². The van der Waals surface area contributed by atoms with Crippen molar-refractivity contribution in [1.82, 2.24) is 5.43 Å². The predicted molar refractivity (Wildman–Crippen MR) is 59.6 cm³/mol. The van der Waals surface area contributed by atoms with Gasteiger partial charge < -0.3 is 0 Å². The molecule has 0 aromatic heterocycles. The Balaban J connectivity index is 2.57. The van der Waals surface area contributed by atoms with Gasteiger partial charge in [0.25, 0.3) is 0 Å². The minimum Gasteiger partial charge on any atom is -0.271 e. The van der Waals surface area contributed by atoms with E-state index in [4.69, 9.17) is 5.84 Å². The first-order valence-electron chi connectivity index (χ1n) is 4.45. The average molecular weight is 214 g/mol. The third kappa shape index (κ3) is 3.65. The maximum absolute atomic E-state index is 12.9. The Hall–Kier alpha value is -0.580. The SMILES string of the molecule is CSCC(Cc1cccc(F)c1)NN. The molecule has 4 heteroatoms. The summed E-state index contributed by atoms with van der Waals surface area (Å²) in [6.45, 7) is 0. The molecule has 0 saturated carbocycles. The van der Waals surface area contributed by atoms with E-state index in [0.717, 1.165) is 17.7 Å². The highest BCUT2D eigenvalue weighted by Crippen LogP contribution is 2.08. The third-order valence-corrected chi connectivity index (χ3v) is 2.71. The van der Waals surface area contributed by atoms with Crippen LogP contribution < -0.4 is 11.3 Å². The van der Waals surface area contributed by atoms with Crippen molar-refractivity contribution in [3.8, 4) is 0 Å². The van der Waals surface area contributed by atoms with Crippen molar-refractivity contribution in [1.29, 1.82) is 0 Å². The highest BCUT2D eigenvalue weighted by atomic mass is 32.2. The van der Waals surface area contributed by atoms with Gasteiger partial charge in [-0.3, -0.25) is 11.3 Å². The minimum absolute atomic E-state index is 0.192. The van der Waals surface area contributed by atoms with Crippen molar-refractivity contribution in [2.45, 2.75) is 12.5 Å².